The molecule has 1 atom stereocenters. The van der Waals surface area contributed by atoms with E-state index in [2.05, 4.69) is 11.4 Å². The number of urea groups is 1. The van der Waals surface area contributed by atoms with E-state index in [1.54, 1.807) is 0 Å². The molecule has 134 valence electrons. The molecule has 3 rings (SSSR count). The molecule has 0 saturated heterocycles. The molecule has 1 aliphatic heterocycles. The summed E-state index contributed by atoms with van der Waals surface area (Å²) in [5.41, 5.74) is 1.22. The van der Waals surface area contributed by atoms with Crippen LogP contribution in [0.2, 0.25) is 0 Å². The van der Waals surface area contributed by atoms with Crippen molar-refractivity contribution in [2.45, 2.75) is 25.1 Å². The summed E-state index contributed by atoms with van der Waals surface area (Å²) >= 11 is 0. The summed E-state index contributed by atoms with van der Waals surface area (Å²) < 4.78 is 38.5. The van der Waals surface area contributed by atoms with Crippen molar-refractivity contribution in [1.29, 1.82) is 5.26 Å². The summed E-state index contributed by atoms with van der Waals surface area (Å²) in [4.78, 5) is 14.2. The average Bonchev–Trinajstić information content (AvgIpc) is 2.61. The maximum atomic E-state index is 12.8. The van der Waals surface area contributed by atoms with Gasteiger partial charge in [-0.25, -0.2) is 4.79 Å². The highest BCUT2D eigenvalue weighted by molar-refractivity contribution is 5.90. The van der Waals surface area contributed by atoms with E-state index in [0.717, 1.165) is 23.3 Å². The lowest BCUT2D eigenvalue weighted by Crippen LogP contribution is -2.42. The second-order valence-electron chi connectivity index (χ2n) is 6.03. The molecule has 7 heteroatoms. The second-order valence-corrected chi connectivity index (χ2v) is 6.03. The van der Waals surface area contributed by atoms with Crippen LogP contribution in [0.1, 0.15) is 29.2 Å². The number of amides is 2. The molecule has 0 bridgehead atoms. The van der Waals surface area contributed by atoms with Crippen LogP contribution in [0.25, 0.3) is 0 Å². The lowest BCUT2D eigenvalue weighted by molar-refractivity contribution is -0.137. The Kier molecular flexibility index (Phi) is 4.85. The highest BCUT2D eigenvalue weighted by Gasteiger charge is 2.32. The van der Waals surface area contributed by atoms with E-state index in [1.807, 2.05) is 24.3 Å². The topological polar surface area (TPSA) is 56.1 Å². The normalized spacial score (nSPS) is 16.5. The van der Waals surface area contributed by atoms with E-state index < -0.39 is 23.8 Å². The fourth-order valence-electron chi connectivity index (χ4n) is 3.17. The fourth-order valence-corrected chi connectivity index (χ4v) is 3.17. The minimum Gasteiger partial charge on any atom is -0.316 e. The van der Waals surface area contributed by atoms with Gasteiger partial charge in [0, 0.05) is 12.2 Å². The zero-order valence-corrected chi connectivity index (χ0v) is 13.8. The average molecular weight is 359 g/mol. The third-order valence-corrected chi connectivity index (χ3v) is 4.40. The van der Waals surface area contributed by atoms with Gasteiger partial charge >= 0.3 is 12.2 Å². The highest BCUT2D eigenvalue weighted by atomic mass is 19.4. The van der Waals surface area contributed by atoms with E-state index in [-0.39, 0.29) is 12.1 Å². The first-order valence-electron chi connectivity index (χ1n) is 8.10. The lowest BCUT2D eigenvalue weighted by Gasteiger charge is -2.36. The van der Waals surface area contributed by atoms with E-state index in [0.29, 0.717) is 13.0 Å². The summed E-state index contributed by atoms with van der Waals surface area (Å²) in [6, 6.07) is 13.2. The molecule has 0 unspecified atom stereocenters. The molecule has 0 fully saturated rings. The van der Waals surface area contributed by atoms with Crippen LogP contribution in [-0.2, 0) is 12.6 Å². The Morgan fingerprint density at radius 2 is 2.00 bits per heavy atom. The number of halogens is 3. The summed E-state index contributed by atoms with van der Waals surface area (Å²) in [5.74, 6) is 0. The Morgan fingerprint density at radius 1 is 1.23 bits per heavy atom. The molecule has 2 aromatic carbocycles. The predicted molar refractivity (Wildman–Crippen MR) is 90.3 cm³/mol. The SMILES string of the molecule is N#CC[C@H]1c2ccccc2CCN1C(=O)Nc1cccc(C(F)(F)F)c1. The van der Waals surface area contributed by atoms with E-state index in [1.165, 1.54) is 17.0 Å². The molecule has 4 nitrogen and oxygen atoms in total. The van der Waals surface area contributed by atoms with Crippen molar-refractivity contribution in [3.8, 4) is 6.07 Å². The van der Waals surface area contributed by atoms with Crippen molar-refractivity contribution < 1.29 is 18.0 Å². The lowest BCUT2D eigenvalue weighted by atomic mass is 9.91. The van der Waals surface area contributed by atoms with Gasteiger partial charge in [-0.15, -0.1) is 0 Å². The molecular weight excluding hydrogens is 343 g/mol. The van der Waals surface area contributed by atoms with E-state index in [9.17, 15) is 18.0 Å². The minimum atomic E-state index is -4.48. The van der Waals surface area contributed by atoms with Crippen LogP contribution in [0.3, 0.4) is 0 Å². The number of rotatable bonds is 2. The molecule has 2 aromatic rings. The van der Waals surface area contributed by atoms with Crippen LogP contribution in [0.5, 0.6) is 0 Å². The third-order valence-electron chi connectivity index (χ3n) is 4.40. The summed E-state index contributed by atoms with van der Waals surface area (Å²) in [6.07, 6.45) is -3.73. The number of nitriles is 1. The van der Waals surface area contributed by atoms with Crippen molar-refractivity contribution in [3.63, 3.8) is 0 Å². The van der Waals surface area contributed by atoms with Crippen molar-refractivity contribution >= 4 is 11.7 Å². The van der Waals surface area contributed by atoms with E-state index in [4.69, 9.17) is 5.26 Å². The largest absolute Gasteiger partial charge is 0.416 e. The first-order chi connectivity index (χ1) is 12.4. The number of carbonyl (C=O) groups is 1. The van der Waals surface area contributed by atoms with Gasteiger partial charge in [0.05, 0.1) is 24.1 Å². The quantitative estimate of drug-likeness (QED) is 0.841. The Hall–Kier alpha value is -3.01. The number of hydrogen-bond donors (Lipinski definition) is 1. The van der Waals surface area contributed by atoms with Gasteiger partial charge in [0.15, 0.2) is 0 Å². The number of benzene rings is 2. The van der Waals surface area contributed by atoms with Crippen LogP contribution >= 0.6 is 0 Å². The zero-order valence-electron chi connectivity index (χ0n) is 13.8. The Morgan fingerprint density at radius 3 is 2.73 bits per heavy atom. The predicted octanol–water partition coefficient (Wildman–Crippen LogP) is 4.75. The van der Waals surface area contributed by atoms with Crippen molar-refractivity contribution in [2.24, 2.45) is 0 Å². The standard InChI is InChI=1S/C19H16F3N3O/c20-19(21,22)14-5-3-6-15(12-14)24-18(26)25-11-9-13-4-1-2-7-16(13)17(25)8-10-23/h1-7,12,17H,8-9,11H2,(H,24,26)/t17-/m0/s1. The number of nitrogens with one attached hydrogen (secondary N) is 1. The molecule has 0 aliphatic carbocycles. The van der Waals surface area contributed by atoms with E-state index >= 15 is 0 Å². The maximum absolute atomic E-state index is 12.8. The number of carbonyl (C=O) groups excluding carboxylic acids is 1. The molecule has 0 radical (unpaired) electrons. The minimum absolute atomic E-state index is 0.0689. The molecule has 1 N–H and O–H groups in total. The summed E-state index contributed by atoms with van der Waals surface area (Å²) in [5, 5.41) is 11.6. The second kappa shape index (κ2) is 7.08. The van der Waals surface area contributed by atoms with Crippen LogP contribution in [0.15, 0.2) is 48.5 Å². The Balaban J connectivity index is 1.83. The monoisotopic (exact) mass is 359 g/mol. The molecule has 0 saturated carbocycles. The van der Waals surface area contributed by atoms with Crippen LogP contribution < -0.4 is 5.32 Å². The molecular formula is C19H16F3N3O. The third kappa shape index (κ3) is 3.64. The van der Waals surface area contributed by atoms with Crippen molar-refractivity contribution in [2.75, 3.05) is 11.9 Å². The van der Waals surface area contributed by atoms with Crippen LogP contribution in [0, 0.1) is 11.3 Å². The summed E-state index contributed by atoms with van der Waals surface area (Å²) in [7, 11) is 0. The highest BCUT2D eigenvalue weighted by Crippen LogP contribution is 2.33. The van der Waals surface area contributed by atoms with Crippen molar-refractivity contribution in [1.82, 2.24) is 4.90 Å². The molecule has 26 heavy (non-hydrogen) atoms. The van der Waals surface area contributed by atoms with Gasteiger partial charge in [0.2, 0.25) is 0 Å². The van der Waals surface area contributed by atoms with Crippen molar-refractivity contribution in [3.05, 3.63) is 65.2 Å². The maximum Gasteiger partial charge on any atom is 0.416 e. The molecule has 0 aromatic heterocycles. The number of fused-ring (bicyclic) bond motifs is 1. The van der Waals surface area contributed by atoms with Gasteiger partial charge in [0.25, 0.3) is 0 Å². The Labute approximate surface area is 148 Å². The van der Waals surface area contributed by atoms with Gasteiger partial charge in [-0.1, -0.05) is 30.3 Å². The van der Waals surface area contributed by atoms with Crippen LogP contribution in [-0.4, -0.2) is 17.5 Å². The molecule has 1 heterocycles. The van der Waals surface area contributed by atoms with Gasteiger partial charge < -0.3 is 10.2 Å². The van der Waals surface area contributed by atoms with Gasteiger partial charge in [-0.05, 0) is 35.7 Å². The van der Waals surface area contributed by atoms with Crippen LogP contribution in [0.4, 0.5) is 23.7 Å². The van der Waals surface area contributed by atoms with Gasteiger partial charge in [-0.2, -0.15) is 18.4 Å². The zero-order chi connectivity index (χ0) is 18.7. The fraction of sp³-hybridized carbons (Fsp3) is 0.263. The number of anilines is 1. The first kappa shape index (κ1) is 17.8. The smallest absolute Gasteiger partial charge is 0.316 e. The molecule has 0 spiro atoms. The first-order valence-corrected chi connectivity index (χ1v) is 8.10. The van der Waals surface area contributed by atoms with Gasteiger partial charge in [-0.3, -0.25) is 0 Å². The number of alkyl halides is 3. The van der Waals surface area contributed by atoms with Gasteiger partial charge in [0.1, 0.15) is 0 Å². The number of nitrogens with zero attached hydrogens (tertiary/aromatic N) is 2. The number of hydrogen-bond acceptors (Lipinski definition) is 2. The Bertz CT molecular complexity index is 858. The summed E-state index contributed by atoms with van der Waals surface area (Å²) in [6.45, 7) is 0.397. The molecule has 1 aliphatic rings. The molecule has 2 amide bonds.